The lowest BCUT2D eigenvalue weighted by Crippen LogP contribution is -2.26. The number of benzene rings is 1. The Kier molecular flexibility index (Phi) is 7.01. The Labute approximate surface area is 119 Å². The van der Waals surface area contributed by atoms with Crippen molar-refractivity contribution < 1.29 is 18.7 Å². The first-order valence-electron chi connectivity index (χ1n) is 6.75. The maximum Gasteiger partial charge on any atom is 0.214 e. The molecule has 1 atom stereocenters. The highest BCUT2D eigenvalue weighted by Gasteiger charge is 2.12. The van der Waals surface area contributed by atoms with Gasteiger partial charge in [0.15, 0.2) is 11.6 Å². The van der Waals surface area contributed by atoms with Gasteiger partial charge in [-0.25, -0.2) is 4.39 Å². The third-order valence-corrected chi connectivity index (χ3v) is 3.12. The lowest BCUT2D eigenvalue weighted by molar-refractivity contribution is -0.107. The number of hydrogen-bond acceptors (Lipinski definition) is 3. The number of carbonyl (C=O) groups excluding carboxylic acids is 1. The third kappa shape index (κ3) is 4.81. The fourth-order valence-corrected chi connectivity index (χ4v) is 1.69. The van der Waals surface area contributed by atoms with Gasteiger partial charge in [0.2, 0.25) is 6.41 Å². The Bertz CT molecular complexity index is 426. The fraction of sp³-hybridized carbons (Fsp3) is 0.533. The van der Waals surface area contributed by atoms with E-state index in [1.807, 2.05) is 0 Å². The maximum atomic E-state index is 13.6. The van der Waals surface area contributed by atoms with E-state index in [-0.39, 0.29) is 12.4 Å². The molecule has 0 heterocycles. The van der Waals surface area contributed by atoms with Crippen LogP contribution in [0.4, 0.5) is 10.1 Å². The standard InChI is InChI=1S/C15H22FNO3/c1-4-12(2)10-17(11-18)13-5-6-14(16)15(9-13)20-8-7-19-3/h5-6,9,11-12H,4,7-8,10H2,1-3H3. The second-order valence-corrected chi connectivity index (χ2v) is 4.73. The number of nitrogens with zero attached hydrogens (tertiary/aromatic N) is 1. The summed E-state index contributed by atoms with van der Waals surface area (Å²) in [6.07, 6.45) is 1.74. The second-order valence-electron chi connectivity index (χ2n) is 4.73. The summed E-state index contributed by atoms with van der Waals surface area (Å²) >= 11 is 0. The predicted molar refractivity (Wildman–Crippen MR) is 76.6 cm³/mol. The summed E-state index contributed by atoms with van der Waals surface area (Å²) in [5, 5.41) is 0. The minimum atomic E-state index is -0.445. The van der Waals surface area contributed by atoms with Crippen LogP contribution in [-0.4, -0.2) is 33.3 Å². The maximum absolute atomic E-state index is 13.6. The molecule has 0 saturated heterocycles. The number of amides is 1. The minimum absolute atomic E-state index is 0.135. The van der Waals surface area contributed by atoms with Crippen LogP contribution in [0.3, 0.4) is 0 Å². The number of carbonyl (C=O) groups is 1. The molecule has 20 heavy (non-hydrogen) atoms. The Morgan fingerprint density at radius 3 is 2.75 bits per heavy atom. The van der Waals surface area contributed by atoms with Crippen molar-refractivity contribution >= 4 is 12.1 Å². The van der Waals surface area contributed by atoms with E-state index in [2.05, 4.69) is 13.8 Å². The number of hydrogen-bond donors (Lipinski definition) is 0. The Morgan fingerprint density at radius 2 is 2.15 bits per heavy atom. The molecule has 0 N–H and O–H groups in total. The number of halogens is 1. The van der Waals surface area contributed by atoms with Gasteiger partial charge in [0.1, 0.15) is 6.61 Å². The molecule has 1 amide bonds. The minimum Gasteiger partial charge on any atom is -0.488 e. The van der Waals surface area contributed by atoms with E-state index in [9.17, 15) is 9.18 Å². The zero-order chi connectivity index (χ0) is 15.0. The molecule has 0 radical (unpaired) electrons. The molecular weight excluding hydrogens is 261 g/mol. The van der Waals surface area contributed by atoms with Crippen LogP contribution in [0.15, 0.2) is 18.2 Å². The van der Waals surface area contributed by atoms with Crippen molar-refractivity contribution in [3.05, 3.63) is 24.0 Å². The Hall–Kier alpha value is -1.62. The van der Waals surface area contributed by atoms with Gasteiger partial charge in [0.05, 0.1) is 6.61 Å². The highest BCUT2D eigenvalue weighted by Crippen LogP contribution is 2.25. The smallest absolute Gasteiger partial charge is 0.214 e. The van der Waals surface area contributed by atoms with Gasteiger partial charge < -0.3 is 14.4 Å². The van der Waals surface area contributed by atoms with Gasteiger partial charge in [-0.2, -0.15) is 0 Å². The summed E-state index contributed by atoms with van der Waals surface area (Å²) < 4.78 is 23.8. The molecule has 5 heteroatoms. The van der Waals surface area contributed by atoms with Crippen LogP contribution in [-0.2, 0) is 9.53 Å². The van der Waals surface area contributed by atoms with E-state index in [0.29, 0.717) is 24.8 Å². The van der Waals surface area contributed by atoms with Crippen molar-refractivity contribution in [2.45, 2.75) is 20.3 Å². The normalized spacial score (nSPS) is 12.0. The van der Waals surface area contributed by atoms with Crippen LogP contribution in [0.1, 0.15) is 20.3 Å². The van der Waals surface area contributed by atoms with Gasteiger partial charge in [-0.1, -0.05) is 20.3 Å². The average molecular weight is 283 g/mol. The van der Waals surface area contributed by atoms with Crippen molar-refractivity contribution in [2.75, 3.05) is 31.8 Å². The number of methoxy groups -OCH3 is 1. The SMILES string of the molecule is CCC(C)CN(C=O)c1ccc(F)c(OCCOC)c1. The van der Waals surface area contributed by atoms with E-state index in [1.54, 1.807) is 24.1 Å². The first-order chi connectivity index (χ1) is 9.62. The first-order valence-corrected chi connectivity index (χ1v) is 6.75. The van der Waals surface area contributed by atoms with Gasteiger partial charge in [0, 0.05) is 25.4 Å². The van der Waals surface area contributed by atoms with Crippen LogP contribution in [0.5, 0.6) is 5.75 Å². The molecule has 0 aliphatic heterocycles. The second kappa shape index (κ2) is 8.53. The number of ether oxygens (including phenoxy) is 2. The molecule has 0 aliphatic rings. The van der Waals surface area contributed by atoms with Crippen molar-refractivity contribution in [3.63, 3.8) is 0 Å². The molecule has 0 aliphatic carbocycles. The van der Waals surface area contributed by atoms with Crippen LogP contribution in [0.2, 0.25) is 0 Å². The van der Waals surface area contributed by atoms with Crippen molar-refractivity contribution in [1.82, 2.24) is 0 Å². The van der Waals surface area contributed by atoms with Gasteiger partial charge in [-0.3, -0.25) is 4.79 Å². The molecule has 0 saturated carbocycles. The average Bonchev–Trinajstić information content (AvgIpc) is 2.46. The highest BCUT2D eigenvalue weighted by molar-refractivity contribution is 5.75. The van der Waals surface area contributed by atoms with Gasteiger partial charge in [-0.15, -0.1) is 0 Å². The zero-order valence-electron chi connectivity index (χ0n) is 12.3. The summed E-state index contributed by atoms with van der Waals surface area (Å²) in [6.45, 7) is 5.38. The van der Waals surface area contributed by atoms with E-state index in [1.165, 1.54) is 6.07 Å². The molecule has 1 aromatic carbocycles. The van der Waals surface area contributed by atoms with Crippen LogP contribution in [0.25, 0.3) is 0 Å². The van der Waals surface area contributed by atoms with Crippen LogP contribution >= 0.6 is 0 Å². The zero-order valence-corrected chi connectivity index (χ0v) is 12.3. The van der Waals surface area contributed by atoms with E-state index >= 15 is 0 Å². The monoisotopic (exact) mass is 283 g/mol. The predicted octanol–water partition coefficient (Wildman–Crippen LogP) is 2.86. The first kappa shape index (κ1) is 16.4. The Morgan fingerprint density at radius 1 is 1.40 bits per heavy atom. The molecule has 0 spiro atoms. The summed E-state index contributed by atoms with van der Waals surface area (Å²) in [5.41, 5.74) is 0.633. The van der Waals surface area contributed by atoms with Crippen molar-refractivity contribution in [1.29, 1.82) is 0 Å². The molecular formula is C15H22FNO3. The fourth-order valence-electron chi connectivity index (χ4n) is 1.69. The summed E-state index contributed by atoms with van der Waals surface area (Å²) in [6, 6.07) is 4.43. The Balaban J connectivity index is 2.82. The molecule has 0 aromatic heterocycles. The van der Waals surface area contributed by atoms with E-state index in [4.69, 9.17) is 9.47 Å². The molecule has 1 rings (SSSR count). The third-order valence-electron chi connectivity index (χ3n) is 3.12. The highest BCUT2D eigenvalue weighted by atomic mass is 19.1. The lowest BCUT2D eigenvalue weighted by Gasteiger charge is -2.21. The van der Waals surface area contributed by atoms with Crippen LogP contribution < -0.4 is 9.64 Å². The number of anilines is 1. The summed E-state index contributed by atoms with van der Waals surface area (Å²) in [4.78, 5) is 12.8. The summed E-state index contributed by atoms with van der Waals surface area (Å²) in [7, 11) is 1.55. The number of rotatable bonds is 9. The molecule has 112 valence electrons. The van der Waals surface area contributed by atoms with E-state index < -0.39 is 5.82 Å². The van der Waals surface area contributed by atoms with Crippen molar-refractivity contribution in [2.24, 2.45) is 5.92 Å². The quantitative estimate of drug-likeness (QED) is 0.517. The lowest BCUT2D eigenvalue weighted by atomic mass is 10.1. The molecule has 0 fully saturated rings. The van der Waals surface area contributed by atoms with Gasteiger partial charge in [0.25, 0.3) is 0 Å². The molecule has 1 aromatic rings. The van der Waals surface area contributed by atoms with E-state index in [0.717, 1.165) is 12.8 Å². The van der Waals surface area contributed by atoms with Crippen LogP contribution in [0, 0.1) is 11.7 Å². The molecule has 1 unspecified atom stereocenters. The molecule has 0 bridgehead atoms. The largest absolute Gasteiger partial charge is 0.488 e. The molecule has 4 nitrogen and oxygen atoms in total. The van der Waals surface area contributed by atoms with Crippen molar-refractivity contribution in [3.8, 4) is 5.75 Å². The van der Waals surface area contributed by atoms with Gasteiger partial charge in [-0.05, 0) is 18.1 Å². The summed E-state index contributed by atoms with van der Waals surface area (Å²) in [5.74, 6) is 0.0675. The topological polar surface area (TPSA) is 38.8 Å². The van der Waals surface area contributed by atoms with Gasteiger partial charge >= 0.3 is 0 Å².